The molecule has 0 spiro atoms. The van der Waals surface area contributed by atoms with E-state index in [2.05, 4.69) is 17.1 Å². The summed E-state index contributed by atoms with van der Waals surface area (Å²) in [5.74, 6) is 0.323. The molecule has 7 heteroatoms. The van der Waals surface area contributed by atoms with E-state index in [9.17, 15) is 20.0 Å². The van der Waals surface area contributed by atoms with Gasteiger partial charge >= 0.3 is 0 Å². The minimum Gasteiger partial charge on any atom is -0.390 e. The van der Waals surface area contributed by atoms with Crippen LogP contribution in [0.1, 0.15) is 35.7 Å². The van der Waals surface area contributed by atoms with Crippen LogP contribution in [-0.4, -0.2) is 53.1 Å². The molecule has 0 saturated carbocycles. The van der Waals surface area contributed by atoms with Gasteiger partial charge in [0.05, 0.1) is 11.0 Å². The third-order valence-corrected chi connectivity index (χ3v) is 4.38. The summed E-state index contributed by atoms with van der Waals surface area (Å²) in [5, 5.41) is 23.6. The highest BCUT2D eigenvalue weighted by Crippen LogP contribution is 2.17. The number of benzene rings is 1. The number of non-ortho nitro benzene ring substituents is 1. The first-order valence-electron chi connectivity index (χ1n) is 8.30. The first kappa shape index (κ1) is 18.4. The third-order valence-electron chi connectivity index (χ3n) is 4.38. The molecule has 2 N–H and O–H groups in total. The molecule has 132 valence electrons. The zero-order chi connectivity index (χ0) is 17.7. The Morgan fingerprint density at radius 3 is 2.71 bits per heavy atom. The number of hydrogen-bond acceptors (Lipinski definition) is 5. The van der Waals surface area contributed by atoms with Crippen molar-refractivity contribution in [3.63, 3.8) is 0 Å². The normalized spacial score (nSPS) is 17.5. The molecule has 2 rings (SSSR count). The Bertz CT molecular complexity index is 597. The maximum Gasteiger partial charge on any atom is 0.270 e. The number of hydrogen-bond donors (Lipinski definition) is 2. The SMILES string of the molecule is Cc1cc(C(=O)NCC(O)CN2CCC(C)CC2)cc([N+](=O)[O-])c1. The Morgan fingerprint density at radius 1 is 1.42 bits per heavy atom. The Kier molecular flexibility index (Phi) is 6.28. The van der Waals surface area contributed by atoms with Gasteiger partial charge in [0.15, 0.2) is 0 Å². The van der Waals surface area contributed by atoms with Crippen molar-refractivity contribution in [1.82, 2.24) is 10.2 Å². The van der Waals surface area contributed by atoms with Gasteiger partial charge in [-0.3, -0.25) is 14.9 Å². The van der Waals surface area contributed by atoms with Crippen LogP contribution in [0.3, 0.4) is 0 Å². The number of nitro groups is 1. The number of carbonyl (C=O) groups is 1. The van der Waals surface area contributed by atoms with Gasteiger partial charge < -0.3 is 15.3 Å². The molecular formula is C17H25N3O4. The maximum absolute atomic E-state index is 12.2. The molecule has 0 aliphatic carbocycles. The molecule has 0 aromatic heterocycles. The van der Waals surface area contributed by atoms with Crippen molar-refractivity contribution in [1.29, 1.82) is 0 Å². The molecule has 1 saturated heterocycles. The van der Waals surface area contributed by atoms with Gasteiger partial charge in [-0.25, -0.2) is 0 Å². The number of amides is 1. The average molecular weight is 335 g/mol. The molecule has 1 amide bonds. The van der Waals surface area contributed by atoms with E-state index in [1.165, 1.54) is 12.1 Å². The lowest BCUT2D eigenvalue weighted by Gasteiger charge is -2.31. The van der Waals surface area contributed by atoms with E-state index < -0.39 is 16.9 Å². The number of piperidine rings is 1. The smallest absolute Gasteiger partial charge is 0.270 e. The Morgan fingerprint density at radius 2 is 2.08 bits per heavy atom. The molecule has 1 aliphatic rings. The summed E-state index contributed by atoms with van der Waals surface area (Å²) in [6, 6.07) is 4.27. The minimum atomic E-state index is -0.651. The molecule has 7 nitrogen and oxygen atoms in total. The molecule has 1 atom stereocenters. The van der Waals surface area contributed by atoms with E-state index in [0.29, 0.717) is 12.1 Å². The summed E-state index contributed by atoms with van der Waals surface area (Å²) in [6.45, 7) is 6.53. The summed E-state index contributed by atoms with van der Waals surface area (Å²) in [4.78, 5) is 24.7. The third kappa shape index (κ3) is 5.28. The van der Waals surface area contributed by atoms with Crippen molar-refractivity contribution < 1.29 is 14.8 Å². The summed E-state index contributed by atoms with van der Waals surface area (Å²) >= 11 is 0. The summed E-state index contributed by atoms with van der Waals surface area (Å²) < 4.78 is 0. The van der Waals surface area contributed by atoms with Crippen LogP contribution in [-0.2, 0) is 0 Å². The second-order valence-electron chi connectivity index (χ2n) is 6.66. The fraction of sp³-hybridized carbons (Fsp3) is 0.588. The number of aliphatic hydroxyl groups is 1. The van der Waals surface area contributed by atoms with Gasteiger partial charge in [-0.05, 0) is 50.4 Å². The lowest BCUT2D eigenvalue weighted by Crippen LogP contribution is -2.43. The van der Waals surface area contributed by atoms with Crippen LogP contribution in [0.5, 0.6) is 0 Å². The second-order valence-corrected chi connectivity index (χ2v) is 6.66. The quantitative estimate of drug-likeness (QED) is 0.610. The van der Waals surface area contributed by atoms with Crippen molar-refractivity contribution in [2.45, 2.75) is 32.8 Å². The van der Waals surface area contributed by atoms with Gasteiger partial charge in [-0.15, -0.1) is 0 Å². The van der Waals surface area contributed by atoms with Crippen LogP contribution >= 0.6 is 0 Å². The standard InChI is InChI=1S/C17H25N3O4/c1-12-3-5-19(6-4-12)11-16(21)10-18-17(22)14-7-13(2)8-15(9-14)20(23)24/h7-9,12,16,21H,3-6,10-11H2,1-2H3,(H,18,22). The van der Waals surface area contributed by atoms with E-state index in [-0.39, 0.29) is 17.8 Å². The van der Waals surface area contributed by atoms with Crippen LogP contribution in [0, 0.1) is 23.0 Å². The number of rotatable bonds is 6. The lowest BCUT2D eigenvalue weighted by atomic mass is 9.99. The fourth-order valence-electron chi connectivity index (χ4n) is 2.92. The van der Waals surface area contributed by atoms with Crippen LogP contribution in [0.15, 0.2) is 18.2 Å². The van der Waals surface area contributed by atoms with Crippen molar-refractivity contribution in [2.75, 3.05) is 26.2 Å². The van der Waals surface area contributed by atoms with Gasteiger partial charge in [0.1, 0.15) is 0 Å². The predicted molar refractivity (Wildman–Crippen MR) is 91.0 cm³/mol. The number of nitrogens with zero attached hydrogens (tertiary/aromatic N) is 2. The highest BCUT2D eigenvalue weighted by molar-refractivity contribution is 5.95. The number of aliphatic hydroxyl groups excluding tert-OH is 1. The molecule has 1 aliphatic heterocycles. The number of β-amino-alcohol motifs (C(OH)–C–C–N with tert-alkyl or cyclic N) is 1. The number of likely N-dealkylation sites (tertiary alicyclic amines) is 1. The van der Waals surface area contributed by atoms with Gasteiger partial charge in [0.2, 0.25) is 0 Å². The van der Waals surface area contributed by atoms with Crippen LogP contribution in [0.4, 0.5) is 5.69 Å². The first-order valence-corrected chi connectivity index (χ1v) is 8.30. The summed E-state index contributed by atoms with van der Waals surface area (Å²) in [7, 11) is 0. The highest BCUT2D eigenvalue weighted by Gasteiger charge is 2.19. The maximum atomic E-state index is 12.2. The average Bonchev–Trinajstić information content (AvgIpc) is 2.54. The monoisotopic (exact) mass is 335 g/mol. The minimum absolute atomic E-state index is 0.108. The number of nitrogens with one attached hydrogen (secondary N) is 1. The van der Waals surface area contributed by atoms with Gasteiger partial charge in [0, 0.05) is 30.8 Å². The number of aryl methyl sites for hydroxylation is 1. The Labute approximate surface area is 141 Å². The van der Waals surface area contributed by atoms with Crippen LogP contribution < -0.4 is 5.32 Å². The first-order chi connectivity index (χ1) is 11.3. The van der Waals surface area contributed by atoms with E-state index in [1.54, 1.807) is 13.0 Å². The molecule has 1 unspecified atom stereocenters. The van der Waals surface area contributed by atoms with E-state index in [4.69, 9.17) is 0 Å². The summed E-state index contributed by atoms with van der Waals surface area (Å²) in [5.41, 5.74) is 0.779. The van der Waals surface area contributed by atoms with Gasteiger partial charge in [0.25, 0.3) is 11.6 Å². The van der Waals surface area contributed by atoms with E-state index in [1.807, 2.05) is 0 Å². The van der Waals surface area contributed by atoms with E-state index >= 15 is 0 Å². The molecule has 1 aromatic carbocycles. The number of nitro benzene ring substituents is 1. The molecule has 1 heterocycles. The highest BCUT2D eigenvalue weighted by atomic mass is 16.6. The Balaban J connectivity index is 1.85. The fourth-order valence-corrected chi connectivity index (χ4v) is 2.92. The molecule has 0 radical (unpaired) electrons. The molecular weight excluding hydrogens is 310 g/mol. The number of carbonyl (C=O) groups excluding carboxylic acids is 1. The zero-order valence-electron chi connectivity index (χ0n) is 14.2. The van der Waals surface area contributed by atoms with E-state index in [0.717, 1.165) is 31.8 Å². The van der Waals surface area contributed by atoms with Crippen LogP contribution in [0.25, 0.3) is 0 Å². The molecule has 24 heavy (non-hydrogen) atoms. The van der Waals surface area contributed by atoms with Gasteiger partial charge in [-0.2, -0.15) is 0 Å². The predicted octanol–water partition coefficient (Wildman–Crippen LogP) is 1.73. The van der Waals surface area contributed by atoms with Crippen molar-refractivity contribution in [2.24, 2.45) is 5.92 Å². The van der Waals surface area contributed by atoms with Crippen molar-refractivity contribution >= 4 is 11.6 Å². The molecule has 1 fully saturated rings. The zero-order valence-corrected chi connectivity index (χ0v) is 14.2. The molecule has 0 bridgehead atoms. The Hall–Kier alpha value is -1.99. The topological polar surface area (TPSA) is 95.7 Å². The molecule has 1 aromatic rings. The lowest BCUT2D eigenvalue weighted by molar-refractivity contribution is -0.384. The van der Waals surface area contributed by atoms with Crippen LogP contribution in [0.2, 0.25) is 0 Å². The van der Waals surface area contributed by atoms with Crippen molar-refractivity contribution in [3.05, 3.63) is 39.4 Å². The van der Waals surface area contributed by atoms with Gasteiger partial charge in [-0.1, -0.05) is 6.92 Å². The summed E-state index contributed by atoms with van der Waals surface area (Å²) in [6.07, 6.45) is 1.61. The largest absolute Gasteiger partial charge is 0.390 e. The second kappa shape index (κ2) is 8.21. The van der Waals surface area contributed by atoms with Crippen molar-refractivity contribution in [3.8, 4) is 0 Å².